The lowest BCUT2D eigenvalue weighted by atomic mass is 9.96. The fourth-order valence-corrected chi connectivity index (χ4v) is 5.71. The molecule has 1 fully saturated rings. The van der Waals surface area contributed by atoms with E-state index in [0.29, 0.717) is 45.1 Å². The molecule has 4 N–H and O–H groups in total. The van der Waals surface area contributed by atoms with Crippen molar-refractivity contribution in [3.05, 3.63) is 82.5 Å². The Morgan fingerprint density at radius 1 is 1.20 bits per heavy atom. The molecule has 1 aliphatic heterocycles. The lowest BCUT2D eigenvalue weighted by molar-refractivity contribution is -0.182. The van der Waals surface area contributed by atoms with Gasteiger partial charge >= 0.3 is 6.18 Å². The topological polar surface area (TPSA) is 119 Å². The predicted molar refractivity (Wildman–Crippen MR) is 167 cm³/mol. The summed E-state index contributed by atoms with van der Waals surface area (Å²) in [4.78, 5) is 4.44. The quantitative estimate of drug-likeness (QED) is 0.168. The zero-order valence-corrected chi connectivity index (χ0v) is 25.8. The Bertz CT molecular complexity index is 1830. The van der Waals surface area contributed by atoms with E-state index in [1.54, 1.807) is 17.3 Å². The first-order valence-corrected chi connectivity index (χ1v) is 14.8. The normalized spacial score (nSPS) is 16.4. The molecule has 3 heterocycles. The molecule has 4 aromatic rings. The highest BCUT2D eigenvalue weighted by Crippen LogP contribution is 2.55. The van der Waals surface area contributed by atoms with Gasteiger partial charge in [-0.1, -0.05) is 49.7 Å². The second kappa shape index (κ2) is 11.1. The van der Waals surface area contributed by atoms with Gasteiger partial charge in [-0.3, -0.25) is 9.99 Å². The molecule has 2 aliphatic rings. The number of hydrazine groups is 2. The van der Waals surface area contributed by atoms with Crippen molar-refractivity contribution in [3.8, 4) is 6.07 Å². The Morgan fingerprint density at radius 3 is 2.62 bits per heavy atom. The highest BCUT2D eigenvalue weighted by Gasteiger charge is 2.66. The molecule has 0 radical (unpaired) electrons. The van der Waals surface area contributed by atoms with Crippen molar-refractivity contribution in [3.63, 3.8) is 0 Å². The molecule has 14 heteroatoms. The number of halogens is 4. The lowest BCUT2D eigenvalue weighted by Gasteiger charge is -2.25. The molecular weight excluding hydrogens is 605 g/mol. The van der Waals surface area contributed by atoms with Gasteiger partial charge in [-0.2, -0.15) is 18.4 Å². The molecule has 1 atom stereocenters. The second-order valence-electron chi connectivity index (χ2n) is 12.6. The summed E-state index contributed by atoms with van der Waals surface area (Å²) in [5.74, 6) is 0. The van der Waals surface area contributed by atoms with Crippen LogP contribution in [0, 0.1) is 23.7 Å². The van der Waals surface area contributed by atoms with Crippen LogP contribution in [-0.2, 0) is 5.54 Å². The highest BCUT2D eigenvalue weighted by atomic mass is 35.5. The Morgan fingerprint density at radius 2 is 1.98 bits per heavy atom. The van der Waals surface area contributed by atoms with Gasteiger partial charge in [0.1, 0.15) is 11.8 Å². The van der Waals surface area contributed by atoms with E-state index in [4.69, 9.17) is 11.6 Å². The number of hydrogen-bond acceptors (Lipinski definition) is 9. The van der Waals surface area contributed by atoms with Crippen molar-refractivity contribution in [1.82, 2.24) is 30.9 Å². The Hall–Kier alpha value is -4.54. The molecule has 2 aromatic carbocycles. The van der Waals surface area contributed by atoms with Crippen molar-refractivity contribution in [2.75, 3.05) is 22.2 Å². The number of anilines is 3. The van der Waals surface area contributed by atoms with Crippen LogP contribution >= 0.6 is 11.6 Å². The lowest BCUT2D eigenvalue weighted by Crippen LogP contribution is -2.36. The number of aromatic nitrogens is 4. The second-order valence-corrected chi connectivity index (χ2v) is 13.0. The maximum absolute atomic E-state index is 14.0. The minimum absolute atomic E-state index is 0.0509. The SMILES string of the molecule is Cc1c([C@H](Nc2cc(Cl)c3ncc(C#N)c(NCC(C)(C)C)c3c2)c2cn(C3(C(F)(F)F)CC3)nn2)cccc1N1C=CNN1. The molecule has 0 bridgehead atoms. The minimum atomic E-state index is -4.45. The van der Waals surface area contributed by atoms with Crippen molar-refractivity contribution >= 4 is 39.6 Å². The third kappa shape index (κ3) is 5.71. The van der Waals surface area contributed by atoms with E-state index in [2.05, 4.69) is 63.7 Å². The van der Waals surface area contributed by atoms with Crippen LogP contribution in [0.15, 0.2) is 55.1 Å². The monoisotopic (exact) mass is 636 g/mol. The largest absolute Gasteiger partial charge is 0.413 e. The molecule has 234 valence electrons. The molecule has 1 aliphatic carbocycles. The molecule has 0 saturated heterocycles. The number of alkyl halides is 3. The zero-order chi connectivity index (χ0) is 32.1. The maximum atomic E-state index is 14.0. The van der Waals surface area contributed by atoms with Crippen LogP contribution in [-0.4, -0.2) is 32.7 Å². The van der Waals surface area contributed by atoms with Gasteiger partial charge in [-0.25, -0.2) is 4.68 Å². The van der Waals surface area contributed by atoms with Crippen molar-refractivity contribution in [2.45, 2.75) is 58.3 Å². The van der Waals surface area contributed by atoms with Gasteiger partial charge < -0.3 is 16.1 Å². The van der Waals surface area contributed by atoms with E-state index in [1.165, 1.54) is 12.4 Å². The van der Waals surface area contributed by atoms with Crippen LogP contribution in [0.4, 0.5) is 30.2 Å². The Labute approximate surface area is 263 Å². The summed E-state index contributed by atoms with van der Waals surface area (Å²) in [6, 6.07) is 10.7. The smallest absolute Gasteiger partial charge is 0.383 e. The number of pyridine rings is 1. The zero-order valence-electron chi connectivity index (χ0n) is 25.1. The first-order valence-electron chi connectivity index (χ1n) is 14.4. The first kappa shape index (κ1) is 30.5. The first-order chi connectivity index (χ1) is 21.3. The van der Waals surface area contributed by atoms with Crippen LogP contribution < -0.4 is 26.6 Å². The predicted octanol–water partition coefficient (Wildman–Crippen LogP) is 6.67. The molecule has 45 heavy (non-hydrogen) atoms. The van der Waals surface area contributed by atoms with Gasteiger partial charge in [0.05, 0.1) is 39.7 Å². The fraction of sp³-hybridized carbons (Fsp3) is 0.355. The summed E-state index contributed by atoms with van der Waals surface area (Å²) in [5, 5.41) is 27.7. The maximum Gasteiger partial charge on any atom is 0.413 e. The fourth-order valence-electron chi connectivity index (χ4n) is 5.44. The van der Waals surface area contributed by atoms with Crippen molar-refractivity contribution in [2.24, 2.45) is 5.41 Å². The molecule has 1 saturated carbocycles. The Kier molecular flexibility index (Phi) is 7.53. The summed E-state index contributed by atoms with van der Waals surface area (Å²) < 4.78 is 42.9. The molecule has 0 spiro atoms. The minimum Gasteiger partial charge on any atom is -0.383 e. The van der Waals surface area contributed by atoms with Gasteiger partial charge in [0.25, 0.3) is 0 Å². The number of nitrogens with zero attached hydrogens (tertiary/aromatic N) is 6. The van der Waals surface area contributed by atoms with Crippen LogP contribution in [0.3, 0.4) is 0 Å². The number of rotatable bonds is 8. The highest BCUT2D eigenvalue weighted by molar-refractivity contribution is 6.35. The summed E-state index contributed by atoms with van der Waals surface area (Å²) >= 11 is 6.76. The average Bonchev–Trinajstić information content (AvgIpc) is 3.38. The number of fused-ring (bicyclic) bond motifs is 1. The van der Waals surface area contributed by atoms with Gasteiger partial charge in [0.2, 0.25) is 0 Å². The third-order valence-electron chi connectivity index (χ3n) is 8.06. The number of nitrogens with one attached hydrogen (secondary N) is 4. The van der Waals surface area contributed by atoms with E-state index in [-0.39, 0.29) is 18.3 Å². The number of benzene rings is 2. The van der Waals surface area contributed by atoms with E-state index >= 15 is 0 Å². The molecular formula is C31H32ClF3N10. The van der Waals surface area contributed by atoms with Crippen LogP contribution in [0.5, 0.6) is 0 Å². The van der Waals surface area contributed by atoms with Crippen molar-refractivity contribution < 1.29 is 13.2 Å². The van der Waals surface area contributed by atoms with Gasteiger partial charge in [-0.05, 0) is 54.5 Å². The standard InChI is InChI=1S/C31H32ClF3N10/c1-18-21(6-5-7-25(18)44-11-10-39-42-44)28(24-16-45(43-41-24)30(8-9-30)31(33,34)35)40-20-12-22-26(38-17-29(2,3)4)19(14-36)15-37-27(22)23(32)13-20/h5-7,10-13,15-16,28,39-40,42H,8-9,17H2,1-4H3,(H,37,38)/t28-/m0/s1. The molecule has 2 aromatic heterocycles. The van der Waals surface area contributed by atoms with Crippen LogP contribution in [0.1, 0.15) is 62.0 Å². The van der Waals surface area contributed by atoms with Gasteiger partial charge in [-0.15, -0.1) is 10.6 Å². The Balaban J connectivity index is 1.47. The van der Waals surface area contributed by atoms with E-state index < -0.39 is 17.8 Å². The molecule has 6 rings (SSSR count). The van der Waals surface area contributed by atoms with Gasteiger partial charge in [0.15, 0.2) is 5.54 Å². The number of nitriles is 1. The van der Waals surface area contributed by atoms with Gasteiger partial charge in [0, 0.05) is 36.2 Å². The summed E-state index contributed by atoms with van der Waals surface area (Å²) in [7, 11) is 0. The van der Waals surface area contributed by atoms with Crippen LogP contribution in [0.2, 0.25) is 5.02 Å². The molecule has 0 amide bonds. The van der Waals surface area contributed by atoms with Crippen molar-refractivity contribution in [1.29, 1.82) is 5.26 Å². The third-order valence-corrected chi connectivity index (χ3v) is 8.35. The average molecular weight is 637 g/mol. The summed E-state index contributed by atoms with van der Waals surface area (Å²) in [6.07, 6.45) is 1.87. The van der Waals surface area contributed by atoms with Crippen LogP contribution in [0.25, 0.3) is 10.9 Å². The van der Waals surface area contributed by atoms with E-state index in [1.807, 2.05) is 37.4 Å². The molecule has 10 nitrogen and oxygen atoms in total. The van der Waals surface area contributed by atoms with E-state index in [9.17, 15) is 18.4 Å². The number of hydrogen-bond donors (Lipinski definition) is 4. The van der Waals surface area contributed by atoms with E-state index in [0.717, 1.165) is 21.5 Å². The molecule has 0 unspecified atom stereocenters. The summed E-state index contributed by atoms with van der Waals surface area (Å²) in [6.45, 7) is 8.76. The summed E-state index contributed by atoms with van der Waals surface area (Å²) in [5.41, 5.74) is 8.61.